The first-order valence-corrected chi connectivity index (χ1v) is 12.4. The predicted molar refractivity (Wildman–Crippen MR) is 134 cm³/mol. The lowest BCUT2D eigenvalue weighted by Crippen LogP contribution is -2.36. The van der Waals surface area contributed by atoms with E-state index in [9.17, 15) is 9.59 Å². The van der Waals surface area contributed by atoms with Crippen LogP contribution in [0.25, 0.3) is 11.3 Å². The lowest BCUT2D eigenvalue weighted by atomic mass is 10.1. The van der Waals surface area contributed by atoms with Crippen LogP contribution in [-0.4, -0.2) is 51.2 Å². The van der Waals surface area contributed by atoms with Crippen molar-refractivity contribution in [1.29, 1.82) is 0 Å². The number of rotatable bonds is 6. The van der Waals surface area contributed by atoms with Gasteiger partial charge in [-0.1, -0.05) is 22.0 Å². The lowest BCUT2D eigenvalue weighted by Gasteiger charge is -2.27. The average molecular weight is 535 g/mol. The summed E-state index contributed by atoms with van der Waals surface area (Å²) in [6, 6.07) is 5.89. The van der Waals surface area contributed by atoms with Crippen molar-refractivity contribution in [2.75, 3.05) is 13.1 Å². The van der Waals surface area contributed by atoms with Gasteiger partial charge in [-0.3, -0.25) is 9.69 Å². The number of benzene rings is 1. The van der Waals surface area contributed by atoms with Gasteiger partial charge in [-0.2, -0.15) is 0 Å². The van der Waals surface area contributed by atoms with E-state index in [0.717, 1.165) is 40.0 Å². The minimum Gasteiger partial charge on any atom is -0.459 e. The molecule has 1 fully saturated rings. The molecule has 1 aromatic heterocycles. The molecule has 1 aromatic carbocycles. The molecule has 0 saturated carbocycles. The predicted octanol–water partition coefficient (Wildman–Crippen LogP) is 5.34. The van der Waals surface area contributed by atoms with Crippen molar-refractivity contribution in [1.82, 2.24) is 20.2 Å². The number of H-pyrrole nitrogens is 1. The van der Waals surface area contributed by atoms with E-state index < -0.39 is 11.2 Å². The summed E-state index contributed by atoms with van der Waals surface area (Å²) in [5.74, 6) is 0.468. The zero-order valence-electron chi connectivity index (χ0n) is 20.8. The molecule has 34 heavy (non-hydrogen) atoms. The minimum absolute atomic E-state index is 0.129. The van der Waals surface area contributed by atoms with Crippen molar-refractivity contribution < 1.29 is 19.1 Å². The minimum atomic E-state index is -0.538. The van der Waals surface area contributed by atoms with E-state index in [1.54, 1.807) is 11.1 Å². The first-order chi connectivity index (χ1) is 15.8. The SMILES string of the molecule is CC(C)(C)OC(=O)CNCc1cc(-c2cnc(C3CCCN3C(=O)OC(C)(C)C)[nH]2)ccc1Br. The quantitative estimate of drug-likeness (QED) is 0.485. The van der Waals surface area contributed by atoms with Crippen molar-refractivity contribution >= 4 is 28.0 Å². The third-order valence-electron chi connectivity index (χ3n) is 5.15. The molecular formula is C25H35BrN4O4. The Bertz CT molecular complexity index is 1020. The number of aromatic amines is 1. The Hall–Kier alpha value is -2.39. The van der Waals surface area contributed by atoms with Gasteiger partial charge >= 0.3 is 12.1 Å². The number of likely N-dealkylation sites (tertiary alicyclic amines) is 1. The molecule has 2 N–H and O–H groups in total. The molecule has 0 bridgehead atoms. The molecule has 1 unspecified atom stereocenters. The van der Waals surface area contributed by atoms with E-state index in [4.69, 9.17) is 9.47 Å². The van der Waals surface area contributed by atoms with E-state index in [1.165, 1.54) is 0 Å². The van der Waals surface area contributed by atoms with Gasteiger partial charge in [-0.05, 0) is 77.6 Å². The van der Waals surface area contributed by atoms with Crippen LogP contribution in [0.5, 0.6) is 0 Å². The molecule has 0 spiro atoms. The Morgan fingerprint density at radius 2 is 1.88 bits per heavy atom. The molecule has 186 valence electrons. The number of amides is 1. The zero-order valence-corrected chi connectivity index (χ0v) is 22.4. The maximum absolute atomic E-state index is 12.6. The number of ether oxygens (including phenoxy) is 2. The Morgan fingerprint density at radius 3 is 2.56 bits per heavy atom. The molecule has 3 rings (SSSR count). The van der Waals surface area contributed by atoms with E-state index >= 15 is 0 Å². The van der Waals surface area contributed by atoms with Crippen LogP contribution in [0.2, 0.25) is 0 Å². The maximum Gasteiger partial charge on any atom is 0.410 e. The molecule has 0 radical (unpaired) electrons. The van der Waals surface area contributed by atoms with Crippen molar-refractivity contribution in [2.24, 2.45) is 0 Å². The number of nitrogens with one attached hydrogen (secondary N) is 2. The molecule has 9 heteroatoms. The summed E-state index contributed by atoms with van der Waals surface area (Å²) in [5, 5.41) is 3.14. The highest BCUT2D eigenvalue weighted by Crippen LogP contribution is 2.33. The van der Waals surface area contributed by atoms with Gasteiger partial charge in [0.1, 0.15) is 17.0 Å². The van der Waals surface area contributed by atoms with E-state index in [-0.39, 0.29) is 24.6 Å². The highest BCUT2D eigenvalue weighted by atomic mass is 79.9. The summed E-state index contributed by atoms with van der Waals surface area (Å²) in [6.07, 6.45) is 3.23. The number of nitrogens with zero attached hydrogens (tertiary/aromatic N) is 2. The van der Waals surface area contributed by atoms with Crippen LogP contribution in [0.3, 0.4) is 0 Å². The molecule has 2 aromatic rings. The molecule has 2 heterocycles. The molecule has 8 nitrogen and oxygen atoms in total. The Morgan fingerprint density at radius 1 is 1.18 bits per heavy atom. The van der Waals surface area contributed by atoms with Gasteiger partial charge < -0.3 is 19.8 Å². The molecule has 1 atom stereocenters. The van der Waals surface area contributed by atoms with Crippen molar-refractivity contribution in [3.8, 4) is 11.3 Å². The summed E-state index contributed by atoms with van der Waals surface area (Å²) in [5.41, 5.74) is 1.80. The van der Waals surface area contributed by atoms with Gasteiger partial charge in [0.05, 0.1) is 24.5 Å². The van der Waals surface area contributed by atoms with Crippen LogP contribution in [0, 0.1) is 0 Å². The number of imidazole rings is 1. The fraction of sp³-hybridized carbons (Fsp3) is 0.560. The fourth-order valence-corrected chi connectivity index (χ4v) is 4.18. The number of aromatic nitrogens is 2. The van der Waals surface area contributed by atoms with Crippen LogP contribution in [0.15, 0.2) is 28.9 Å². The number of halogens is 1. The molecule has 1 amide bonds. The van der Waals surface area contributed by atoms with Crippen LogP contribution < -0.4 is 5.32 Å². The number of carbonyl (C=O) groups is 2. The van der Waals surface area contributed by atoms with E-state index in [0.29, 0.717) is 13.1 Å². The zero-order chi connectivity index (χ0) is 25.1. The second-order valence-corrected chi connectivity index (χ2v) is 11.4. The van der Waals surface area contributed by atoms with Gasteiger partial charge in [0.15, 0.2) is 0 Å². The van der Waals surface area contributed by atoms with E-state index in [2.05, 4.69) is 31.2 Å². The highest BCUT2D eigenvalue weighted by Gasteiger charge is 2.34. The van der Waals surface area contributed by atoms with Crippen molar-refractivity contribution in [3.63, 3.8) is 0 Å². The third-order valence-corrected chi connectivity index (χ3v) is 5.93. The number of hydrogen-bond acceptors (Lipinski definition) is 6. The Labute approximate surface area is 209 Å². The second kappa shape index (κ2) is 10.5. The Balaban J connectivity index is 1.68. The van der Waals surface area contributed by atoms with Crippen LogP contribution in [0.4, 0.5) is 4.79 Å². The highest BCUT2D eigenvalue weighted by molar-refractivity contribution is 9.10. The molecule has 1 aliphatic rings. The number of carbonyl (C=O) groups excluding carboxylic acids is 2. The van der Waals surface area contributed by atoms with Crippen LogP contribution in [-0.2, 0) is 20.8 Å². The average Bonchev–Trinajstić information content (AvgIpc) is 3.36. The second-order valence-electron chi connectivity index (χ2n) is 10.5. The number of esters is 1. The largest absolute Gasteiger partial charge is 0.459 e. The van der Waals surface area contributed by atoms with Gasteiger partial charge in [0, 0.05) is 17.6 Å². The molecule has 1 aliphatic heterocycles. The topological polar surface area (TPSA) is 96.6 Å². The van der Waals surface area contributed by atoms with E-state index in [1.807, 2.05) is 59.7 Å². The van der Waals surface area contributed by atoms with Crippen LogP contribution in [0.1, 0.15) is 71.8 Å². The standard InChI is InChI=1S/C25H35BrN4O4/c1-24(2,3)33-21(31)15-27-13-17-12-16(9-10-18(17)26)19-14-28-22(29-19)20-8-7-11-30(20)23(32)34-25(4,5)6/h9-10,12,14,20,27H,7-8,11,13,15H2,1-6H3,(H,28,29). The summed E-state index contributed by atoms with van der Waals surface area (Å²) < 4.78 is 11.9. The first kappa shape index (κ1) is 26.2. The summed E-state index contributed by atoms with van der Waals surface area (Å²) >= 11 is 3.59. The van der Waals surface area contributed by atoms with Gasteiger partial charge in [0.25, 0.3) is 0 Å². The van der Waals surface area contributed by atoms with Crippen molar-refractivity contribution in [3.05, 3.63) is 40.3 Å². The normalized spacial score (nSPS) is 16.6. The van der Waals surface area contributed by atoms with Gasteiger partial charge in [-0.15, -0.1) is 0 Å². The number of hydrogen-bond donors (Lipinski definition) is 2. The summed E-state index contributed by atoms with van der Waals surface area (Å²) in [6.45, 7) is 12.4. The smallest absolute Gasteiger partial charge is 0.410 e. The van der Waals surface area contributed by atoms with Gasteiger partial charge in [0.2, 0.25) is 0 Å². The fourth-order valence-electron chi connectivity index (χ4n) is 3.80. The molecule has 1 saturated heterocycles. The lowest BCUT2D eigenvalue weighted by molar-refractivity contribution is -0.153. The maximum atomic E-state index is 12.6. The van der Waals surface area contributed by atoms with Crippen LogP contribution >= 0.6 is 15.9 Å². The monoisotopic (exact) mass is 534 g/mol. The van der Waals surface area contributed by atoms with Gasteiger partial charge in [-0.25, -0.2) is 9.78 Å². The van der Waals surface area contributed by atoms with Crippen molar-refractivity contribution in [2.45, 2.75) is 78.2 Å². The Kier molecular flexibility index (Phi) is 8.08. The first-order valence-electron chi connectivity index (χ1n) is 11.6. The third kappa shape index (κ3) is 7.30. The summed E-state index contributed by atoms with van der Waals surface area (Å²) in [7, 11) is 0. The molecular weight excluding hydrogens is 500 g/mol. The molecule has 0 aliphatic carbocycles. The summed E-state index contributed by atoms with van der Waals surface area (Å²) in [4.78, 5) is 34.3.